The van der Waals surface area contributed by atoms with E-state index in [4.69, 9.17) is 16.3 Å². The lowest BCUT2D eigenvalue weighted by molar-refractivity contribution is -0.118. The van der Waals surface area contributed by atoms with Gasteiger partial charge in [0.1, 0.15) is 11.6 Å². The Morgan fingerprint density at radius 2 is 1.91 bits per heavy atom. The summed E-state index contributed by atoms with van der Waals surface area (Å²) in [6.07, 6.45) is 0.450. The molecule has 4 rings (SSSR count). The first-order valence-electron chi connectivity index (χ1n) is 10.3. The zero-order valence-corrected chi connectivity index (χ0v) is 19.4. The van der Waals surface area contributed by atoms with Crippen molar-refractivity contribution in [3.8, 4) is 17.0 Å². The first-order chi connectivity index (χ1) is 15.2. The molecule has 1 aliphatic rings. The van der Waals surface area contributed by atoms with Crippen molar-refractivity contribution in [1.29, 1.82) is 0 Å². The molecule has 0 radical (unpaired) electrons. The molecule has 0 aliphatic carbocycles. The predicted octanol–water partition coefficient (Wildman–Crippen LogP) is 4.20. The Morgan fingerprint density at radius 3 is 2.56 bits per heavy atom. The molecular weight excluding hydrogens is 450 g/mol. The summed E-state index contributed by atoms with van der Waals surface area (Å²) >= 11 is 5.98. The molecule has 9 heteroatoms. The molecule has 0 unspecified atom stereocenters. The van der Waals surface area contributed by atoms with E-state index in [1.807, 2.05) is 44.2 Å². The van der Waals surface area contributed by atoms with Crippen LogP contribution in [0, 0.1) is 13.8 Å². The summed E-state index contributed by atoms with van der Waals surface area (Å²) in [4.78, 5) is 12.6. The summed E-state index contributed by atoms with van der Waals surface area (Å²) in [5, 5.41) is 8.04. The molecule has 0 spiro atoms. The van der Waals surface area contributed by atoms with Gasteiger partial charge in [-0.25, -0.2) is 13.1 Å². The number of carbonyl (C=O) groups is 1. The average molecular weight is 474 g/mol. The number of aryl methyl sites for hydroxylation is 2. The van der Waals surface area contributed by atoms with E-state index < -0.39 is 9.84 Å². The van der Waals surface area contributed by atoms with E-state index in [0.717, 1.165) is 16.7 Å². The van der Waals surface area contributed by atoms with Gasteiger partial charge in [0.25, 0.3) is 5.91 Å². The van der Waals surface area contributed by atoms with Crippen molar-refractivity contribution in [2.45, 2.75) is 26.3 Å². The van der Waals surface area contributed by atoms with Crippen molar-refractivity contribution in [3.63, 3.8) is 0 Å². The first-order valence-corrected chi connectivity index (χ1v) is 12.5. The Labute approximate surface area is 192 Å². The maximum atomic E-state index is 12.6. The first kappa shape index (κ1) is 22.4. The Kier molecular flexibility index (Phi) is 6.26. The lowest BCUT2D eigenvalue weighted by atomic mass is 10.1. The van der Waals surface area contributed by atoms with Crippen LogP contribution in [0.5, 0.6) is 5.75 Å². The number of ether oxygens (including phenoxy) is 1. The van der Waals surface area contributed by atoms with Gasteiger partial charge in [-0.3, -0.25) is 4.79 Å². The van der Waals surface area contributed by atoms with Gasteiger partial charge in [-0.05, 0) is 55.7 Å². The summed E-state index contributed by atoms with van der Waals surface area (Å²) in [6.45, 7) is 3.82. The molecule has 1 N–H and O–H groups in total. The lowest BCUT2D eigenvalue weighted by Crippen LogP contribution is -2.23. The summed E-state index contributed by atoms with van der Waals surface area (Å²) in [6, 6.07) is 14.2. The van der Waals surface area contributed by atoms with E-state index in [2.05, 4.69) is 10.4 Å². The van der Waals surface area contributed by atoms with Crippen LogP contribution in [0.2, 0.25) is 5.02 Å². The van der Waals surface area contributed by atoms with Crippen molar-refractivity contribution in [1.82, 2.24) is 9.78 Å². The molecule has 1 aliphatic heterocycles. The normalized spacial score (nSPS) is 17.3. The number of carbonyl (C=O) groups excluding carboxylic acids is 1. The van der Waals surface area contributed by atoms with Crippen LogP contribution in [0.3, 0.4) is 0 Å². The molecule has 1 aromatic heterocycles. The van der Waals surface area contributed by atoms with Gasteiger partial charge in [-0.2, -0.15) is 5.10 Å². The molecule has 2 heterocycles. The van der Waals surface area contributed by atoms with Gasteiger partial charge in [0.05, 0.1) is 23.2 Å². The highest BCUT2D eigenvalue weighted by Gasteiger charge is 2.31. The van der Waals surface area contributed by atoms with Crippen LogP contribution in [0.1, 0.15) is 23.6 Å². The molecule has 2 aromatic carbocycles. The number of nitrogens with one attached hydrogen (secondary N) is 1. The summed E-state index contributed by atoms with van der Waals surface area (Å²) < 4.78 is 31.2. The van der Waals surface area contributed by atoms with Crippen LogP contribution in [-0.4, -0.2) is 42.2 Å². The van der Waals surface area contributed by atoms with E-state index >= 15 is 0 Å². The summed E-state index contributed by atoms with van der Waals surface area (Å²) in [5.41, 5.74) is 3.66. The number of hydrogen-bond donors (Lipinski definition) is 1. The smallest absolute Gasteiger partial charge is 0.263 e. The predicted molar refractivity (Wildman–Crippen MR) is 125 cm³/mol. The van der Waals surface area contributed by atoms with E-state index in [0.29, 0.717) is 28.7 Å². The molecule has 0 bridgehead atoms. The van der Waals surface area contributed by atoms with Crippen molar-refractivity contribution >= 4 is 33.2 Å². The average Bonchev–Trinajstić information content (AvgIpc) is 3.32. The van der Waals surface area contributed by atoms with Gasteiger partial charge < -0.3 is 10.1 Å². The Hall–Kier alpha value is -2.84. The standard InChI is InChI=1S/C23H24ClN3O4S/c1-15-3-8-20(11-16(15)2)31-13-23(28)25-22-12-21(17-4-6-18(24)7-5-17)26-27(22)19-9-10-32(29,30)14-19/h3-8,11-12,19H,9-10,13-14H2,1-2H3,(H,25,28)/t19-/m0/s1. The van der Waals surface area contributed by atoms with Crippen LogP contribution in [0.25, 0.3) is 11.3 Å². The molecule has 1 atom stereocenters. The Bertz CT molecular complexity index is 1250. The van der Waals surface area contributed by atoms with Crippen LogP contribution in [0.4, 0.5) is 5.82 Å². The highest BCUT2D eigenvalue weighted by Crippen LogP contribution is 2.30. The number of amides is 1. The van der Waals surface area contributed by atoms with Gasteiger partial charge in [0.15, 0.2) is 16.4 Å². The summed E-state index contributed by atoms with van der Waals surface area (Å²) in [7, 11) is -3.12. The fourth-order valence-electron chi connectivity index (χ4n) is 3.63. The van der Waals surface area contributed by atoms with E-state index in [-0.39, 0.29) is 30.1 Å². The largest absolute Gasteiger partial charge is 0.484 e. The fourth-order valence-corrected chi connectivity index (χ4v) is 5.45. The highest BCUT2D eigenvalue weighted by atomic mass is 35.5. The van der Waals surface area contributed by atoms with Gasteiger partial charge in [-0.1, -0.05) is 29.8 Å². The number of benzene rings is 2. The van der Waals surface area contributed by atoms with E-state index in [9.17, 15) is 13.2 Å². The molecule has 7 nitrogen and oxygen atoms in total. The number of rotatable bonds is 6. The third-order valence-corrected chi connectivity index (χ3v) is 7.55. The molecule has 3 aromatic rings. The zero-order chi connectivity index (χ0) is 22.9. The number of anilines is 1. The van der Waals surface area contributed by atoms with Crippen molar-refractivity contribution in [2.24, 2.45) is 0 Å². The second-order valence-corrected chi connectivity index (χ2v) is 10.7. The third-order valence-electron chi connectivity index (χ3n) is 5.55. The van der Waals surface area contributed by atoms with Crippen molar-refractivity contribution in [2.75, 3.05) is 23.4 Å². The molecular formula is C23H24ClN3O4S. The van der Waals surface area contributed by atoms with Crippen LogP contribution >= 0.6 is 11.6 Å². The van der Waals surface area contributed by atoms with Gasteiger partial charge in [-0.15, -0.1) is 0 Å². The number of hydrogen-bond acceptors (Lipinski definition) is 5. The second-order valence-electron chi connectivity index (χ2n) is 8.01. The molecule has 1 saturated heterocycles. The third kappa shape index (κ3) is 5.14. The fraction of sp³-hybridized carbons (Fsp3) is 0.304. The molecule has 32 heavy (non-hydrogen) atoms. The van der Waals surface area contributed by atoms with Crippen LogP contribution < -0.4 is 10.1 Å². The second kappa shape index (κ2) is 8.96. The molecule has 0 saturated carbocycles. The highest BCUT2D eigenvalue weighted by molar-refractivity contribution is 7.91. The van der Waals surface area contributed by atoms with Gasteiger partial charge in [0.2, 0.25) is 0 Å². The maximum absolute atomic E-state index is 12.6. The van der Waals surface area contributed by atoms with Gasteiger partial charge >= 0.3 is 0 Å². The maximum Gasteiger partial charge on any atom is 0.263 e. The zero-order valence-electron chi connectivity index (χ0n) is 17.8. The van der Waals surface area contributed by atoms with Gasteiger partial charge in [0, 0.05) is 16.7 Å². The minimum Gasteiger partial charge on any atom is -0.484 e. The molecule has 1 amide bonds. The lowest BCUT2D eigenvalue weighted by Gasteiger charge is -2.14. The minimum atomic E-state index is -3.12. The number of nitrogens with zero attached hydrogens (tertiary/aromatic N) is 2. The quantitative estimate of drug-likeness (QED) is 0.579. The summed E-state index contributed by atoms with van der Waals surface area (Å²) in [5.74, 6) is 0.799. The van der Waals surface area contributed by atoms with Crippen molar-refractivity contribution < 1.29 is 17.9 Å². The minimum absolute atomic E-state index is 0.00322. The van der Waals surface area contributed by atoms with Crippen LogP contribution in [-0.2, 0) is 14.6 Å². The number of aromatic nitrogens is 2. The number of halogens is 1. The number of sulfone groups is 1. The Morgan fingerprint density at radius 1 is 1.16 bits per heavy atom. The SMILES string of the molecule is Cc1ccc(OCC(=O)Nc2cc(-c3ccc(Cl)cc3)nn2[C@H]2CCS(=O)(=O)C2)cc1C. The van der Waals surface area contributed by atoms with E-state index in [1.165, 1.54) is 0 Å². The monoisotopic (exact) mass is 473 g/mol. The topological polar surface area (TPSA) is 90.3 Å². The molecule has 1 fully saturated rings. The van der Waals surface area contributed by atoms with Crippen LogP contribution in [0.15, 0.2) is 48.5 Å². The van der Waals surface area contributed by atoms with E-state index in [1.54, 1.807) is 22.9 Å². The molecule has 168 valence electrons. The Balaban J connectivity index is 1.54. The van der Waals surface area contributed by atoms with Crippen molar-refractivity contribution in [3.05, 3.63) is 64.7 Å².